The number of nitrogens with zero attached hydrogens (tertiary/aromatic N) is 3. The Hall–Kier alpha value is -2.96. The number of pyridine rings is 2. The number of nitrogens with one attached hydrogen (secondary N) is 2. The van der Waals surface area contributed by atoms with E-state index in [1.54, 1.807) is 18.5 Å². The van der Waals surface area contributed by atoms with Crippen LogP contribution >= 0.6 is 11.6 Å². The molecule has 0 fully saturated rings. The minimum absolute atomic E-state index is 0.274. The van der Waals surface area contributed by atoms with E-state index in [0.717, 1.165) is 53.8 Å². The van der Waals surface area contributed by atoms with Gasteiger partial charge < -0.3 is 15.5 Å². The van der Waals surface area contributed by atoms with E-state index in [-0.39, 0.29) is 5.82 Å². The van der Waals surface area contributed by atoms with Crippen molar-refractivity contribution >= 4 is 44.8 Å². The summed E-state index contributed by atoms with van der Waals surface area (Å²) in [5.41, 5.74) is 3.56. The molecule has 0 aliphatic heterocycles. The number of aromatic nitrogens is 2. The van der Waals surface area contributed by atoms with Crippen molar-refractivity contribution in [2.75, 3.05) is 43.9 Å². The van der Waals surface area contributed by atoms with Gasteiger partial charge in [0, 0.05) is 71.8 Å². The van der Waals surface area contributed by atoms with Crippen LogP contribution in [0.5, 0.6) is 0 Å². The normalized spacial score (nSPS) is 11.3. The molecule has 30 heavy (non-hydrogen) atoms. The van der Waals surface area contributed by atoms with Crippen molar-refractivity contribution in [2.24, 2.45) is 0 Å². The summed E-state index contributed by atoms with van der Waals surface area (Å²) in [4.78, 5) is 10.9. The quantitative estimate of drug-likeness (QED) is 0.416. The minimum atomic E-state index is -0.274. The van der Waals surface area contributed by atoms with Crippen LogP contribution in [0.1, 0.15) is 0 Å². The molecule has 0 radical (unpaired) electrons. The van der Waals surface area contributed by atoms with Crippen LogP contribution in [0, 0.1) is 5.82 Å². The molecule has 7 heteroatoms. The summed E-state index contributed by atoms with van der Waals surface area (Å²) >= 11 is 6.06. The first-order chi connectivity index (χ1) is 14.6. The van der Waals surface area contributed by atoms with E-state index in [4.69, 9.17) is 11.6 Å². The maximum atomic E-state index is 13.4. The first kappa shape index (κ1) is 20.3. The highest BCUT2D eigenvalue weighted by Gasteiger charge is 2.05. The van der Waals surface area contributed by atoms with Crippen LogP contribution in [0.2, 0.25) is 5.02 Å². The Balaban J connectivity index is 1.28. The third-order valence-corrected chi connectivity index (χ3v) is 5.26. The van der Waals surface area contributed by atoms with E-state index < -0.39 is 0 Å². The maximum absolute atomic E-state index is 13.4. The zero-order valence-electron chi connectivity index (χ0n) is 16.7. The molecule has 4 rings (SSSR count). The van der Waals surface area contributed by atoms with Gasteiger partial charge in [-0.3, -0.25) is 9.97 Å². The smallest absolute Gasteiger partial charge is 0.125 e. The van der Waals surface area contributed by atoms with Crippen molar-refractivity contribution in [2.45, 2.75) is 0 Å². The highest BCUT2D eigenvalue weighted by atomic mass is 35.5. The molecule has 4 aromatic rings. The number of halogens is 2. The standard InChI is InChI=1S/C23H23ClFN5/c1-30(12-10-28-20-6-8-26-22-14-16(24)2-4-18(20)22)13-11-29-21-7-9-27-23-15-17(25)3-5-19(21)23/h2-9,14-15H,10-13H2,1H3,(H,26,28)(H,27,29). The van der Waals surface area contributed by atoms with Crippen LogP contribution in [0.15, 0.2) is 60.9 Å². The molecule has 2 N–H and O–H groups in total. The summed E-state index contributed by atoms with van der Waals surface area (Å²) in [6.07, 6.45) is 3.49. The van der Waals surface area contributed by atoms with Gasteiger partial charge in [-0.25, -0.2) is 4.39 Å². The van der Waals surface area contributed by atoms with Gasteiger partial charge in [-0.1, -0.05) is 11.6 Å². The summed E-state index contributed by atoms with van der Waals surface area (Å²) < 4.78 is 13.4. The first-order valence-corrected chi connectivity index (χ1v) is 10.2. The molecule has 2 heterocycles. The summed E-state index contributed by atoms with van der Waals surface area (Å²) in [6, 6.07) is 14.3. The third kappa shape index (κ3) is 4.78. The lowest BCUT2D eigenvalue weighted by molar-refractivity contribution is 0.361. The van der Waals surface area contributed by atoms with Gasteiger partial charge in [0.2, 0.25) is 0 Å². The second-order valence-corrected chi connectivity index (χ2v) is 7.63. The van der Waals surface area contributed by atoms with Crippen LogP contribution in [0.4, 0.5) is 15.8 Å². The van der Waals surface area contributed by atoms with Gasteiger partial charge in [0.25, 0.3) is 0 Å². The van der Waals surface area contributed by atoms with E-state index in [1.165, 1.54) is 12.1 Å². The van der Waals surface area contributed by atoms with Crippen LogP contribution in [0.25, 0.3) is 21.8 Å². The van der Waals surface area contributed by atoms with Gasteiger partial charge in [-0.2, -0.15) is 0 Å². The van der Waals surface area contributed by atoms with Gasteiger partial charge >= 0.3 is 0 Å². The summed E-state index contributed by atoms with van der Waals surface area (Å²) in [5.74, 6) is -0.274. The molecule has 2 aromatic heterocycles. The molecule has 5 nitrogen and oxygen atoms in total. The molecule has 2 aromatic carbocycles. The second-order valence-electron chi connectivity index (χ2n) is 7.20. The minimum Gasteiger partial charge on any atom is -0.383 e. The van der Waals surface area contributed by atoms with E-state index >= 15 is 0 Å². The Morgan fingerprint density at radius 3 is 2.03 bits per heavy atom. The summed E-state index contributed by atoms with van der Waals surface area (Å²) in [6.45, 7) is 3.36. The number of hydrogen-bond acceptors (Lipinski definition) is 5. The average Bonchev–Trinajstić information content (AvgIpc) is 2.73. The SMILES string of the molecule is CN(CCNc1ccnc2cc(F)ccc12)CCNc1ccnc2cc(Cl)ccc12. The highest BCUT2D eigenvalue weighted by molar-refractivity contribution is 6.31. The fourth-order valence-electron chi connectivity index (χ4n) is 3.43. The number of likely N-dealkylation sites (N-methyl/N-ethyl adjacent to an activating group) is 1. The molecular weight excluding hydrogens is 401 g/mol. The Morgan fingerprint density at radius 2 is 1.40 bits per heavy atom. The molecule has 0 unspecified atom stereocenters. The zero-order valence-corrected chi connectivity index (χ0v) is 17.5. The van der Waals surface area contributed by atoms with Gasteiger partial charge in [-0.15, -0.1) is 0 Å². The Morgan fingerprint density at radius 1 is 0.833 bits per heavy atom. The summed E-state index contributed by atoms with van der Waals surface area (Å²) in [7, 11) is 2.09. The molecule has 0 saturated carbocycles. The first-order valence-electron chi connectivity index (χ1n) is 9.85. The molecule has 0 amide bonds. The number of fused-ring (bicyclic) bond motifs is 2. The Kier molecular flexibility index (Phi) is 6.26. The second kappa shape index (κ2) is 9.24. The van der Waals surface area contributed by atoms with E-state index in [2.05, 4.69) is 32.5 Å². The Labute approximate surface area is 179 Å². The topological polar surface area (TPSA) is 53.1 Å². The fourth-order valence-corrected chi connectivity index (χ4v) is 3.59. The van der Waals surface area contributed by atoms with Crippen molar-refractivity contribution in [3.8, 4) is 0 Å². The van der Waals surface area contributed by atoms with Crippen LogP contribution in [-0.4, -0.2) is 48.1 Å². The van der Waals surface area contributed by atoms with E-state index in [9.17, 15) is 4.39 Å². The van der Waals surface area contributed by atoms with Crippen molar-refractivity contribution < 1.29 is 4.39 Å². The highest BCUT2D eigenvalue weighted by Crippen LogP contribution is 2.24. The third-order valence-electron chi connectivity index (χ3n) is 5.03. The molecule has 0 aliphatic rings. The monoisotopic (exact) mass is 423 g/mol. The lowest BCUT2D eigenvalue weighted by Gasteiger charge is -2.19. The maximum Gasteiger partial charge on any atom is 0.125 e. The van der Waals surface area contributed by atoms with Crippen LogP contribution in [-0.2, 0) is 0 Å². The number of anilines is 2. The van der Waals surface area contributed by atoms with Gasteiger partial charge in [-0.05, 0) is 49.5 Å². The van der Waals surface area contributed by atoms with E-state index in [1.807, 2.05) is 30.3 Å². The van der Waals surface area contributed by atoms with Crippen molar-refractivity contribution in [1.29, 1.82) is 0 Å². The molecule has 0 saturated heterocycles. The number of benzene rings is 2. The van der Waals surface area contributed by atoms with Gasteiger partial charge in [0.15, 0.2) is 0 Å². The largest absolute Gasteiger partial charge is 0.383 e. The lowest BCUT2D eigenvalue weighted by Crippen LogP contribution is -2.29. The number of rotatable bonds is 8. The molecule has 0 atom stereocenters. The molecule has 0 spiro atoms. The molecular formula is C23H23ClFN5. The lowest BCUT2D eigenvalue weighted by atomic mass is 10.2. The summed E-state index contributed by atoms with van der Waals surface area (Å²) in [5, 5.41) is 9.59. The molecule has 154 valence electrons. The zero-order chi connectivity index (χ0) is 20.9. The van der Waals surface area contributed by atoms with Crippen LogP contribution < -0.4 is 10.6 Å². The Bertz CT molecular complexity index is 1080. The average molecular weight is 424 g/mol. The van der Waals surface area contributed by atoms with Crippen molar-refractivity contribution in [3.63, 3.8) is 0 Å². The van der Waals surface area contributed by atoms with Gasteiger partial charge in [0.05, 0.1) is 11.0 Å². The predicted octanol–water partition coefficient (Wildman–Crippen LogP) is 5.03. The predicted molar refractivity (Wildman–Crippen MR) is 123 cm³/mol. The number of hydrogen-bond donors (Lipinski definition) is 2. The molecule has 0 aliphatic carbocycles. The van der Waals surface area contributed by atoms with Gasteiger partial charge in [0.1, 0.15) is 5.82 Å². The van der Waals surface area contributed by atoms with Crippen molar-refractivity contribution in [1.82, 2.24) is 14.9 Å². The van der Waals surface area contributed by atoms with E-state index in [0.29, 0.717) is 10.5 Å². The fraction of sp³-hybridized carbons (Fsp3) is 0.217. The van der Waals surface area contributed by atoms with Crippen molar-refractivity contribution in [3.05, 3.63) is 71.8 Å². The van der Waals surface area contributed by atoms with Crippen LogP contribution in [0.3, 0.4) is 0 Å². The molecule has 0 bridgehead atoms.